The highest BCUT2D eigenvalue weighted by Crippen LogP contribution is 2.36. The number of hydrogen-bond donors (Lipinski definition) is 1. The Morgan fingerprint density at radius 1 is 0.892 bits per heavy atom. The molecule has 3 aromatic carbocycles. The minimum atomic E-state index is -1.25. The van der Waals surface area contributed by atoms with Crippen molar-refractivity contribution in [1.29, 1.82) is 0 Å². The number of urea groups is 1. The first kappa shape index (κ1) is 24.2. The molecule has 5 aromatic rings. The van der Waals surface area contributed by atoms with Gasteiger partial charge in [0.05, 0.1) is 19.4 Å². The quantitative estimate of drug-likeness (QED) is 0.238. The van der Waals surface area contributed by atoms with E-state index in [4.69, 9.17) is 8.83 Å². The number of carbonyl (C=O) groups excluding carboxylic acids is 1. The summed E-state index contributed by atoms with van der Waals surface area (Å²) in [5.41, 5.74) is 2.05. The molecule has 0 aliphatic heterocycles. The van der Waals surface area contributed by atoms with Crippen molar-refractivity contribution in [2.24, 2.45) is 0 Å². The molecule has 0 spiro atoms. The van der Waals surface area contributed by atoms with Gasteiger partial charge in [-0.15, -0.1) is 0 Å². The molecule has 37 heavy (non-hydrogen) atoms. The molecule has 1 N–H and O–H groups in total. The molecular formula is C28H20F4N2O3. The Bertz CT molecular complexity index is 1550. The van der Waals surface area contributed by atoms with Gasteiger partial charge in [-0.1, -0.05) is 23.8 Å². The van der Waals surface area contributed by atoms with E-state index >= 15 is 0 Å². The third kappa shape index (κ3) is 5.06. The van der Waals surface area contributed by atoms with Crippen molar-refractivity contribution in [1.82, 2.24) is 4.90 Å². The lowest BCUT2D eigenvalue weighted by atomic mass is 10.0. The summed E-state index contributed by atoms with van der Waals surface area (Å²) in [5.74, 6) is -3.25. The lowest BCUT2D eigenvalue weighted by Gasteiger charge is -2.22. The summed E-state index contributed by atoms with van der Waals surface area (Å²) in [6, 6.07) is 14.8. The normalized spacial score (nSPS) is 11.2. The van der Waals surface area contributed by atoms with Crippen molar-refractivity contribution in [2.45, 2.75) is 20.0 Å². The van der Waals surface area contributed by atoms with Crippen LogP contribution in [0.25, 0.3) is 22.1 Å². The van der Waals surface area contributed by atoms with Crippen molar-refractivity contribution in [3.8, 4) is 11.1 Å². The zero-order chi connectivity index (χ0) is 26.1. The third-order valence-corrected chi connectivity index (χ3v) is 5.84. The van der Waals surface area contributed by atoms with Gasteiger partial charge in [0, 0.05) is 23.1 Å². The molecule has 0 saturated carbocycles. The summed E-state index contributed by atoms with van der Waals surface area (Å²) in [6.07, 6.45) is 1.43. The van der Waals surface area contributed by atoms with E-state index < -0.39 is 35.0 Å². The number of nitrogens with zero attached hydrogens (tertiary/aromatic N) is 1. The van der Waals surface area contributed by atoms with Crippen LogP contribution in [0.5, 0.6) is 0 Å². The molecule has 9 heteroatoms. The fourth-order valence-electron chi connectivity index (χ4n) is 4.12. The van der Waals surface area contributed by atoms with Crippen molar-refractivity contribution in [3.63, 3.8) is 0 Å². The smallest absolute Gasteiger partial charge is 0.322 e. The maximum Gasteiger partial charge on any atom is 0.322 e. The van der Waals surface area contributed by atoms with E-state index in [9.17, 15) is 22.4 Å². The highest BCUT2D eigenvalue weighted by Gasteiger charge is 2.25. The molecule has 2 amide bonds. The number of carbonyl (C=O) groups is 1. The van der Waals surface area contributed by atoms with Gasteiger partial charge in [-0.05, 0) is 48.9 Å². The highest BCUT2D eigenvalue weighted by atomic mass is 19.1. The number of halogens is 4. The summed E-state index contributed by atoms with van der Waals surface area (Å²) in [5, 5.41) is 2.95. The van der Waals surface area contributed by atoms with Crippen LogP contribution in [0.15, 0.2) is 81.8 Å². The second-order valence-corrected chi connectivity index (χ2v) is 8.52. The zero-order valence-electron chi connectivity index (χ0n) is 19.5. The summed E-state index contributed by atoms with van der Waals surface area (Å²) in [4.78, 5) is 14.5. The highest BCUT2D eigenvalue weighted by molar-refractivity contribution is 5.96. The van der Waals surface area contributed by atoms with E-state index in [1.54, 1.807) is 30.3 Å². The van der Waals surface area contributed by atoms with Gasteiger partial charge in [0.15, 0.2) is 11.6 Å². The number of benzene rings is 3. The Labute approximate surface area is 208 Å². The molecule has 5 nitrogen and oxygen atoms in total. The maximum absolute atomic E-state index is 14.3. The lowest BCUT2D eigenvalue weighted by Crippen LogP contribution is -2.34. The molecule has 0 atom stereocenters. The van der Waals surface area contributed by atoms with E-state index in [1.807, 2.05) is 19.1 Å². The third-order valence-electron chi connectivity index (χ3n) is 5.84. The fourth-order valence-corrected chi connectivity index (χ4v) is 4.12. The fraction of sp³-hybridized carbons (Fsp3) is 0.107. The molecule has 0 aliphatic carbocycles. The van der Waals surface area contributed by atoms with Gasteiger partial charge >= 0.3 is 6.03 Å². The largest absolute Gasteiger partial charge is 0.467 e. The van der Waals surface area contributed by atoms with Crippen LogP contribution >= 0.6 is 0 Å². The number of aryl methyl sites for hydroxylation is 1. The van der Waals surface area contributed by atoms with Crippen molar-refractivity contribution in [2.75, 3.05) is 5.32 Å². The van der Waals surface area contributed by atoms with Crippen LogP contribution in [0, 0.1) is 30.2 Å². The van der Waals surface area contributed by atoms with Crippen LogP contribution in [-0.4, -0.2) is 10.9 Å². The summed E-state index contributed by atoms with van der Waals surface area (Å²) < 4.78 is 67.0. The van der Waals surface area contributed by atoms with Crippen LogP contribution in [0.2, 0.25) is 0 Å². The molecule has 0 fully saturated rings. The van der Waals surface area contributed by atoms with Gasteiger partial charge in [0.2, 0.25) is 0 Å². The Morgan fingerprint density at radius 2 is 1.62 bits per heavy atom. The van der Waals surface area contributed by atoms with Gasteiger partial charge in [-0.25, -0.2) is 22.4 Å². The van der Waals surface area contributed by atoms with Gasteiger partial charge < -0.3 is 19.1 Å². The number of furan rings is 2. The predicted octanol–water partition coefficient (Wildman–Crippen LogP) is 7.79. The first-order valence-electron chi connectivity index (χ1n) is 11.3. The van der Waals surface area contributed by atoms with Crippen LogP contribution < -0.4 is 5.32 Å². The monoisotopic (exact) mass is 508 g/mol. The van der Waals surface area contributed by atoms with Crippen LogP contribution in [0.1, 0.15) is 17.1 Å². The number of amides is 2. The Balaban J connectivity index is 1.56. The number of anilines is 1. The van der Waals surface area contributed by atoms with Gasteiger partial charge in [-0.2, -0.15) is 0 Å². The van der Waals surface area contributed by atoms with E-state index in [0.29, 0.717) is 40.4 Å². The molecule has 0 unspecified atom stereocenters. The summed E-state index contributed by atoms with van der Waals surface area (Å²) >= 11 is 0. The van der Waals surface area contributed by atoms with Crippen molar-refractivity contribution in [3.05, 3.63) is 113 Å². The minimum Gasteiger partial charge on any atom is -0.467 e. The molecule has 5 rings (SSSR count). The maximum atomic E-state index is 14.3. The average molecular weight is 508 g/mol. The molecular weight excluding hydrogens is 488 g/mol. The number of nitrogens with one attached hydrogen (secondary N) is 1. The van der Waals surface area contributed by atoms with Gasteiger partial charge in [0.1, 0.15) is 34.4 Å². The average Bonchev–Trinajstić information content (AvgIpc) is 3.49. The standard InChI is InChI=1S/C28H20F4N2O3/c1-16-4-9-24-21(11-16)26(17-5-7-18(29)8-6-17)25(37-24)15-34(14-20-3-2-10-36-20)28(35)33-27-22(31)12-19(30)13-23(27)32/h2-13H,14-15H2,1H3,(H,33,35). The van der Waals surface area contributed by atoms with Crippen LogP contribution in [0.4, 0.5) is 28.0 Å². The molecule has 188 valence electrons. The first-order valence-corrected chi connectivity index (χ1v) is 11.3. The topological polar surface area (TPSA) is 58.6 Å². The van der Waals surface area contributed by atoms with Gasteiger partial charge in [-0.3, -0.25) is 0 Å². The van der Waals surface area contributed by atoms with E-state index in [0.717, 1.165) is 10.9 Å². The van der Waals surface area contributed by atoms with Crippen LogP contribution in [0.3, 0.4) is 0 Å². The molecule has 2 aromatic heterocycles. The second-order valence-electron chi connectivity index (χ2n) is 8.52. The Hall–Kier alpha value is -4.53. The first-order chi connectivity index (χ1) is 17.8. The molecule has 0 aliphatic rings. The Morgan fingerprint density at radius 3 is 2.30 bits per heavy atom. The van der Waals surface area contributed by atoms with Gasteiger partial charge in [0.25, 0.3) is 0 Å². The molecule has 0 saturated heterocycles. The summed E-state index contributed by atoms with van der Waals surface area (Å²) in [7, 11) is 0. The number of hydrogen-bond acceptors (Lipinski definition) is 3. The second kappa shape index (κ2) is 9.85. The molecule has 2 heterocycles. The molecule has 0 radical (unpaired) electrons. The number of fused-ring (bicyclic) bond motifs is 1. The van der Waals surface area contributed by atoms with Crippen molar-refractivity contribution < 1.29 is 31.2 Å². The minimum absolute atomic E-state index is 0.0673. The SMILES string of the molecule is Cc1ccc2oc(CN(Cc3ccco3)C(=O)Nc3c(F)cc(F)cc3F)c(-c3ccc(F)cc3)c2c1. The Kier molecular flexibility index (Phi) is 6.43. The van der Waals surface area contributed by atoms with Crippen LogP contribution in [-0.2, 0) is 13.1 Å². The number of rotatable bonds is 6. The van der Waals surface area contributed by atoms with Crippen molar-refractivity contribution >= 4 is 22.7 Å². The van der Waals surface area contributed by atoms with E-state index in [-0.39, 0.29) is 13.1 Å². The van der Waals surface area contributed by atoms with E-state index in [1.165, 1.54) is 23.3 Å². The molecule has 0 bridgehead atoms. The lowest BCUT2D eigenvalue weighted by molar-refractivity contribution is 0.196. The summed E-state index contributed by atoms with van der Waals surface area (Å²) in [6.45, 7) is 1.72. The van der Waals surface area contributed by atoms with E-state index in [2.05, 4.69) is 5.32 Å². The zero-order valence-corrected chi connectivity index (χ0v) is 19.5. The predicted molar refractivity (Wildman–Crippen MR) is 130 cm³/mol.